The maximum Gasteiger partial charge on any atom is 0.225 e. The molecule has 0 atom stereocenters. The van der Waals surface area contributed by atoms with Gasteiger partial charge in [0.1, 0.15) is 11.6 Å². The zero-order valence-corrected chi connectivity index (χ0v) is 13.1. The van der Waals surface area contributed by atoms with Crippen LogP contribution >= 0.6 is 0 Å². The summed E-state index contributed by atoms with van der Waals surface area (Å²) >= 11 is 0. The third kappa shape index (κ3) is 4.48. The van der Waals surface area contributed by atoms with E-state index in [1.54, 1.807) is 19.4 Å². The number of carbonyl (C=O) groups excluding carboxylic acids is 1. The van der Waals surface area contributed by atoms with Crippen LogP contribution in [0.3, 0.4) is 0 Å². The molecule has 0 spiro atoms. The molecule has 0 aliphatic carbocycles. The van der Waals surface area contributed by atoms with Gasteiger partial charge in [0.2, 0.25) is 5.91 Å². The van der Waals surface area contributed by atoms with Gasteiger partial charge >= 0.3 is 0 Å². The number of methoxy groups -OCH3 is 1. The summed E-state index contributed by atoms with van der Waals surface area (Å²) in [5.74, 6) is 1.62. The fourth-order valence-electron chi connectivity index (χ4n) is 2.01. The van der Waals surface area contributed by atoms with E-state index in [0.717, 1.165) is 17.1 Å². The maximum atomic E-state index is 11.7. The van der Waals surface area contributed by atoms with Crippen LogP contribution in [0.1, 0.15) is 20.3 Å². The molecule has 5 heteroatoms. The number of hydrogen-bond acceptors (Lipinski definition) is 4. The highest BCUT2D eigenvalue weighted by atomic mass is 16.5. The van der Waals surface area contributed by atoms with E-state index in [2.05, 4.69) is 15.6 Å². The average molecular weight is 299 g/mol. The molecule has 0 unspecified atom stereocenters. The van der Waals surface area contributed by atoms with Gasteiger partial charge in [0.25, 0.3) is 0 Å². The van der Waals surface area contributed by atoms with Gasteiger partial charge < -0.3 is 15.4 Å². The molecule has 0 saturated heterocycles. The van der Waals surface area contributed by atoms with Crippen molar-refractivity contribution in [3.63, 3.8) is 0 Å². The van der Waals surface area contributed by atoms with E-state index < -0.39 is 0 Å². The third-order valence-electron chi connectivity index (χ3n) is 3.01. The van der Waals surface area contributed by atoms with Gasteiger partial charge in [-0.1, -0.05) is 26.0 Å². The lowest BCUT2D eigenvalue weighted by Crippen LogP contribution is -2.14. The third-order valence-corrected chi connectivity index (χ3v) is 3.01. The number of anilines is 3. The van der Waals surface area contributed by atoms with Crippen molar-refractivity contribution in [2.75, 3.05) is 17.7 Å². The highest BCUT2D eigenvalue weighted by molar-refractivity contribution is 5.90. The van der Waals surface area contributed by atoms with Gasteiger partial charge in [-0.05, 0) is 30.2 Å². The van der Waals surface area contributed by atoms with Crippen LogP contribution in [-0.2, 0) is 4.79 Å². The molecule has 0 saturated carbocycles. The minimum Gasteiger partial charge on any atom is -0.495 e. The Morgan fingerprint density at radius 3 is 2.64 bits per heavy atom. The molecule has 2 N–H and O–H groups in total. The Kier molecular flexibility index (Phi) is 5.36. The summed E-state index contributed by atoms with van der Waals surface area (Å²) in [6.07, 6.45) is 2.17. The first-order valence-corrected chi connectivity index (χ1v) is 7.24. The second-order valence-corrected chi connectivity index (χ2v) is 5.40. The number of nitrogens with zero attached hydrogens (tertiary/aromatic N) is 1. The molecule has 1 aromatic heterocycles. The molecular formula is C17H21N3O2. The van der Waals surface area contributed by atoms with E-state index >= 15 is 0 Å². The van der Waals surface area contributed by atoms with Crippen molar-refractivity contribution in [1.29, 1.82) is 0 Å². The van der Waals surface area contributed by atoms with Crippen molar-refractivity contribution >= 4 is 23.1 Å². The number of benzene rings is 1. The quantitative estimate of drug-likeness (QED) is 0.851. The van der Waals surface area contributed by atoms with E-state index in [-0.39, 0.29) is 5.91 Å². The molecule has 1 heterocycles. The lowest BCUT2D eigenvalue weighted by atomic mass is 10.1. The van der Waals surface area contributed by atoms with Crippen LogP contribution in [0.5, 0.6) is 5.75 Å². The van der Waals surface area contributed by atoms with Crippen molar-refractivity contribution in [1.82, 2.24) is 4.98 Å². The van der Waals surface area contributed by atoms with Crippen LogP contribution in [0.2, 0.25) is 0 Å². The predicted molar refractivity (Wildman–Crippen MR) is 88.6 cm³/mol. The number of rotatable bonds is 6. The second-order valence-electron chi connectivity index (χ2n) is 5.40. The molecule has 0 fully saturated rings. The first kappa shape index (κ1) is 15.8. The number of hydrogen-bond donors (Lipinski definition) is 2. The van der Waals surface area contributed by atoms with Gasteiger partial charge in [-0.25, -0.2) is 4.98 Å². The minimum absolute atomic E-state index is 0.0204. The predicted octanol–water partition coefficient (Wildman–Crippen LogP) is 3.82. The van der Waals surface area contributed by atoms with E-state index in [0.29, 0.717) is 18.2 Å². The Morgan fingerprint density at radius 1 is 1.23 bits per heavy atom. The van der Waals surface area contributed by atoms with Crippen molar-refractivity contribution in [3.05, 3.63) is 42.6 Å². The molecule has 22 heavy (non-hydrogen) atoms. The molecule has 2 rings (SSSR count). The van der Waals surface area contributed by atoms with Crippen LogP contribution < -0.4 is 15.4 Å². The Hall–Kier alpha value is -2.56. The van der Waals surface area contributed by atoms with Crippen LogP contribution in [0.4, 0.5) is 17.2 Å². The fraction of sp³-hybridized carbons (Fsp3) is 0.294. The van der Waals surface area contributed by atoms with Gasteiger partial charge in [0.15, 0.2) is 0 Å². The number of nitrogens with one attached hydrogen (secondary N) is 2. The van der Waals surface area contributed by atoms with Crippen molar-refractivity contribution < 1.29 is 9.53 Å². The molecule has 1 aromatic carbocycles. The van der Waals surface area contributed by atoms with Crippen LogP contribution in [0.15, 0.2) is 42.6 Å². The maximum absolute atomic E-state index is 11.7. The summed E-state index contributed by atoms with van der Waals surface area (Å²) in [6.45, 7) is 4.01. The number of ether oxygens (including phenoxy) is 1. The topological polar surface area (TPSA) is 63.2 Å². The molecule has 116 valence electrons. The lowest BCUT2D eigenvalue weighted by molar-refractivity contribution is -0.116. The first-order valence-electron chi connectivity index (χ1n) is 7.24. The normalized spacial score (nSPS) is 10.4. The molecule has 0 aliphatic heterocycles. The summed E-state index contributed by atoms with van der Waals surface area (Å²) in [5, 5.41) is 6.02. The summed E-state index contributed by atoms with van der Waals surface area (Å²) < 4.78 is 5.29. The van der Waals surface area contributed by atoms with E-state index in [1.807, 2.05) is 44.2 Å². The molecule has 0 bridgehead atoms. The Bertz CT molecular complexity index is 624. The fourth-order valence-corrected chi connectivity index (χ4v) is 2.01. The van der Waals surface area contributed by atoms with E-state index in [4.69, 9.17) is 4.74 Å². The monoisotopic (exact) mass is 299 g/mol. The number of amides is 1. The van der Waals surface area contributed by atoms with Crippen molar-refractivity contribution in [2.45, 2.75) is 20.3 Å². The van der Waals surface area contributed by atoms with E-state index in [1.165, 1.54) is 0 Å². The molecule has 0 radical (unpaired) electrons. The molecular weight excluding hydrogens is 278 g/mol. The van der Waals surface area contributed by atoms with Gasteiger partial charge in [-0.15, -0.1) is 0 Å². The zero-order valence-electron chi connectivity index (χ0n) is 13.1. The Balaban J connectivity index is 2.01. The average Bonchev–Trinajstić information content (AvgIpc) is 2.49. The number of para-hydroxylation sites is 2. The molecule has 0 aliphatic rings. The van der Waals surface area contributed by atoms with Gasteiger partial charge in [0.05, 0.1) is 24.7 Å². The first-order chi connectivity index (χ1) is 10.6. The molecule has 5 nitrogen and oxygen atoms in total. The standard InChI is InChI=1S/C17H21N3O2/c1-12(2)10-17(21)20-16-9-8-13(11-18-16)19-14-6-4-5-7-15(14)22-3/h4-9,11-12,19H,10H2,1-3H3,(H,18,20,21). The van der Waals surface area contributed by atoms with Crippen LogP contribution in [-0.4, -0.2) is 18.0 Å². The molecule has 1 amide bonds. The summed E-state index contributed by atoms with van der Waals surface area (Å²) in [5.41, 5.74) is 1.69. The van der Waals surface area contributed by atoms with Crippen molar-refractivity contribution in [3.8, 4) is 5.75 Å². The van der Waals surface area contributed by atoms with Crippen LogP contribution in [0, 0.1) is 5.92 Å². The SMILES string of the molecule is COc1ccccc1Nc1ccc(NC(=O)CC(C)C)nc1. The van der Waals surface area contributed by atoms with Gasteiger partial charge in [0, 0.05) is 6.42 Å². The number of carbonyl (C=O) groups is 1. The Morgan fingerprint density at radius 2 is 2.00 bits per heavy atom. The summed E-state index contributed by atoms with van der Waals surface area (Å²) in [7, 11) is 1.63. The minimum atomic E-state index is -0.0204. The summed E-state index contributed by atoms with van der Waals surface area (Å²) in [4.78, 5) is 15.9. The van der Waals surface area contributed by atoms with Gasteiger partial charge in [-0.2, -0.15) is 0 Å². The summed E-state index contributed by atoms with van der Waals surface area (Å²) in [6, 6.07) is 11.3. The number of pyridine rings is 1. The highest BCUT2D eigenvalue weighted by Crippen LogP contribution is 2.26. The number of aromatic nitrogens is 1. The van der Waals surface area contributed by atoms with E-state index in [9.17, 15) is 4.79 Å². The van der Waals surface area contributed by atoms with Crippen LogP contribution in [0.25, 0.3) is 0 Å². The largest absolute Gasteiger partial charge is 0.495 e. The smallest absolute Gasteiger partial charge is 0.225 e. The Labute approximate surface area is 130 Å². The lowest BCUT2D eigenvalue weighted by Gasteiger charge is -2.11. The highest BCUT2D eigenvalue weighted by Gasteiger charge is 2.06. The zero-order chi connectivity index (χ0) is 15.9. The second kappa shape index (κ2) is 7.45. The molecule has 2 aromatic rings. The van der Waals surface area contributed by atoms with Gasteiger partial charge in [-0.3, -0.25) is 4.79 Å². The van der Waals surface area contributed by atoms with Crippen molar-refractivity contribution in [2.24, 2.45) is 5.92 Å².